The maximum absolute atomic E-state index is 12.5. The summed E-state index contributed by atoms with van der Waals surface area (Å²) in [5, 5.41) is 13.0. The lowest BCUT2D eigenvalue weighted by molar-refractivity contribution is 0.0926. The number of carbonyl (C=O) groups excluding carboxylic acids is 3. The van der Waals surface area contributed by atoms with E-state index in [1.807, 2.05) is 0 Å². The van der Waals surface area contributed by atoms with Gasteiger partial charge in [0.1, 0.15) is 5.51 Å². The minimum atomic E-state index is -0.392. The molecule has 0 saturated carbocycles. The summed E-state index contributed by atoms with van der Waals surface area (Å²) in [7, 11) is 0. The van der Waals surface area contributed by atoms with Crippen LogP contribution in [0.5, 0.6) is 0 Å². The molecule has 2 N–H and O–H groups in total. The van der Waals surface area contributed by atoms with Crippen LogP contribution >= 0.6 is 11.3 Å². The molecular weight excluding hydrogens is 366 g/mol. The lowest BCUT2D eigenvalue weighted by Gasteiger charge is -2.14. The highest BCUT2D eigenvalue weighted by atomic mass is 32.1. The van der Waals surface area contributed by atoms with Crippen molar-refractivity contribution in [1.82, 2.24) is 15.5 Å². The van der Waals surface area contributed by atoms with Crippen LogP contribution in [0.2, 0.25) is 0 Å². The van der Waals surface area contributed by atoms with Crippen molar-refractivity contribution in [3.63, 3.8) is 0 Å². The third-order valence-electron chi connectivity index (χ3n) is 4.02. The number of urea groups is 1. The summed E-state index contributed by atoms with van der Waals surface area (Å²) >= 11 is 1.22. The molecule has 0 atom stereocenters. The molecule has 0 bridgehead atoms. The minimum Gasteiger partial charge on any atom is -0.334 e. The normalized spacial score (nSPS) is 12.8. The number of fused-ring (bicyclic) bond motifs is 1. The zero-order chi connectivity index (χ0) is 18.8. The molecule has 3 aromatic rings. The van der Waals surface area contributed by atoms with E-state index in [1.165, 1.54) is 16.8 Å². The van der Waals surface area contributed by atoms with Gasteiger partial charge in [-0.05, 0) is 29.8 Å². The van der Waals surface area contributed by atoms with E-state index < -0.39 is 6.03 Å². The highest BCUT2D eigenvalue weighted by Gasteiger charge is 2.36. The number of nitrogens with zero attached hydrogens (tertiary/aromatic N) is 3. The Hall–Kier alpha value is -3.59. The van der Waals surface area contributed by atoms with Gasteiger partial charge in [0, 0.05) is 6.54 Å². The van der Waals surface area contributed by atoms with Crippen LogP contribution in [-0.4, -0.2) is 28.0 Å². The summed E-state index contributed by atoms with van der Waals surface area (Å²) < 4.78 is 0. The summed E-state index contributed by atoms with van der Waals surface area (Å²) in [6.45, 7) is 0.285. The number of hydrogen-bond donors (Lipinski definition) is 2. The van der Waals surface area contributed by atoms with Gasteiger partial charge in [-0.15, -0.1) is 10.2 Å². The maximum atomic E-state index is 12.5. The number of aromatic nitrogens is 2. The molecule has 8 nitrogen and oxygen atoms in total. The Labute approximate surface area is 157 Å². The first-order valence-corrected chi connectivity index (χ1v) is 8.89. The van der Waals surface area contributed by atoms with Crippen LogP contribution in [0.25, 0.3) is 0 Å². The van der Waals surface area contributed by atoms with Crippen molar-refractivity contribution in [2.45, 2.75) is 6.54 Å². The second kappa shape index (κ2) is 6.96. The second-order valence-electron chi connectivity index (χ2n) is 5.71. The van der Waals surface area contributed by atoms with Gasteiger partial charge in [-0.1, -0.05) is 35.6 Å². The number of hydrogen-bond acceptors (Lipinski definition) is 6. The Morgan fingerprint density at radius 2 is 1.67 bits per heavy atom. The van der Waals surface area contributed by atoms with Crippen LogP contribution in [-0.2, 0) is 6.54 Å². The quantitative estimate of drug-likeness (QED) is 0.678. The number of anilines is 2. The van der Waals surface area contributed by atoms with E-state index in [1.54, 1.807) is 48.5 Å². The Kier molecular flexibility index (Phi) is 4.35. The summed E-state index contributed by atoms with van der Waals surface area (Å²) in [5.41, 5.74) is 3.64. The first kappa shape index (κ1) is 16.9. The molecule has 0 unspecified atom stereocenters. The molecule has 0 radical (unpaired) electrons. The van der Waals surface area contributed by atoms with Crippen molar-refractivity contribution in [2.75, 3.05) is 10.2 Å². The zero-order valence-electron chi connectivity index (χ0n) is 13.9. The molecular formula is C18H13N5O3S. The van der Waals surface area contributed by atoms with E-state index in [0.717, 1.165) is 10.5 Å². The molecule has 4 amide bonds. The van der Waals surface area contributed by atoms with Crippen molar-refractivity contribution in [1.29, 1.82) is 0 Å². The molecule has 1 aliphatic rings. The van der Waals surface area contributed by atoms with Crippen molar-refractivity contribution >= 4 is 40.0 Å². The van der Waals surface area contributed by atoms with Crippen LogP contribution in [0, 0.1) is 0 Å². The predicted molar refractivity (Wildman–Crippen MR) is 99.8 cm³/mol. The van der Waals surface area contributed by atoms with Crippen molar-refractivity contribution in [3.05, 3.63) is 70.7 Å². The van der Waals surface area contributed by atoms with Crippen LogP contribution < -0.4 is 15.5 Å². The number of carbonyl (C=O) groups is 3. The van der Waals surface area contributed by atoms with E-state index in [9.17, 15) is 14.4 Å². The van der Waals surface area contributed by atoms with Gasteiger partial charge in [0.05, 0.1) is 16.8 Å². The molecule has 0 spiro atoms. The summed E-state index contributed by atoms with van der Waals surface area (Å²) in [5.74, 6) is -0.671. The third-order valence-corrected chi connectivity index (χ3v) is 4.63. The van der Waals surface area contributed by atoms with Gasteiger partial charge >= 0.3 is 6.03 Å². The third kappa shape index (κ3) is 3.27. The monoisotopic (exact) mass is 379 g/mol. The smallest absolute Gasteiger partial charge is 0.321 e. The highest BCUT2D eigenvalue weighted by molar-refractivity contribution is 7.13. The Bertz CT molecular complexity index is 983. The van der Waals surface area contributed by atoms with Gasteiger partial charge in [-0.25, -0.2) is 9.69 Å². The van der Waals surface area contributed by atoms with Crippen LogP contribution in [0.1, 0.15) is 26.3 Å². The molecule has 0 fully saturated rings. The van der Waals surface area contributed by atoms with Gasteiger partial charge in [0.2, 0.25) is 5.13 Å². The largest absolute Gasteiger partial charge is 0.334 e. The van der Waals surface area contributed by atoms with E-state index in [4.69, 9.17) is 0 Å². The van der Waals surface area contributed by atoms with E-state index >= 15 is 0 Å². The van der Waals surface area contributed by atoms with Crippen LogP contribution in [0.15, 0.2) is 54.0 Å². The maximum Gasteiger partial charge on any atom is 0.321 e. The Balaban J connectivity index is 1.42. The average molecular weight is 379 g/mol. The molecule has 9 heteroatoms. The molecule has 0 aliphatic carbocycles. The topological polar surface area (TPSA) is 104 Å². The summed E-state index contributed by atoms with van der Waals surface area (Å²) in [6, 6.07) is 13.2. The van der Waals surface area contributed by atoms with Crippen molar-refractivity contribution in [2.24, 2.45) is 0 Å². The molecule has 134 valence electrons. The molecule has 1 aliphatic heterocycles. The number of rotatable bonds is 4. The van der Waals surface area contributed by atoms with Crippen LogP contribution in [0.4, 0.5) is 15.6 Å². The molecule has 0 saturated heterocycles. The fourth-order valence-electron chi connectivity index (χ4n) is 2.74. The lowest BCUT2D eigenvalue weighted by Crippen LogP contribution is -2.29. The molecule has 2 aromatic carbocycles. The van der Waals surface area contributed by atoms with Crippen molar-refractivity contribution in [3.8, 4) is 0 Å². The highest BCUT2D eigenvalue weighted by Crippen LogP contribution is 2.28. The van der Waals surface area contributed by atoms with Gasteiger partial charge in [0.25, 0.3) is 11.8 Å². The first-order chi connectivity index (χ1) is 13.1. The zero-order valence-corrected chi connectivity index (χ0v) is 14.7. The minimum absolute atomic E-state index is 0.285. The Morgan fingerprint density at radius 1 is 1.00 bits per heavy atom. The number of imide groups is 1. The molecule has 4 rings (SSSR count). The van der Waals surface area contributed by atoms with E-state index in [-0.39, 0.29) is 18.4 Å². The van der Waals surface area contributed by atoms with Gasteiger partial charge in [-0.2, -0.15) is 0 Å². The predicted octanol–water partition coefficient (Wildman–Crippen LogP) is 2.66. The van der Waals surface area contributed by atoms with Crippen LogP contribution in [0.3, 0.4) is 0 Å². The lowest BCUT2D eigenvalue weighted by atomic mass is 10.1. The van der Waals surface area contributed by atoms with Gasteiger partial charge in [-0.3, -0.25) is 14.9 Å². The fourth-order valence-corrected chi connectivity index (χ4v) is 3.18. The molecule has 1 aromatic heterocycles. The SMILES string of the molecule is O=C(NCc1ccc(N2C(=O)c3ccccc3C2=O)cc1)Nc1nncs1. The number of amides is 4. The van der Waals surface area contributed by atoms with E-state index in [2.05, 4.69) is 20.8 Å². The molecule has 2 heterocycles. The summed E-state index contributed by atoms with van der Waals surface area (Å²) in [4.78, 5) is 37.9. The van der Waals surface area contributed by atoms with Gasteiger partial charge in [0.15, 0.2) is 0 Å². The number of benzene rings is 2. The standard InChI is InChI=1S/C18H13N5O3S/c24-15-13-3-1-2-4-14(13)16(25)23(15)12-7-5-11(6-8-12)9-19-17(26)21-18-22-20-10-27-18/h1-8,10H,9H2,(H2,19,21,22,26). The number of nitrogens with one attached hydrogen (secondary N) is 2. The average Bonchev–Trinajstić information content (AvgIpc) is 3.28. The second-order valence-corrected chi connectivity index (χ2v) is 6.54. The first-order valence-electron chi connectivity index (χ1n) is 8.01. The van der Waals surface area contributed by atoms with Crippen molar-refractivity contribution < 1.29 is 14.4 Å². The summed E-state index contributed by atoms with van der Waals surface area (Å²) in [6.07, 6.45) is 0. The fraction of sp³-hybridized carbons (Fsp3) is 0.0556. The van der Waals surface area contributed by atoms with E-state index in [0.29, 0.717) is 21.9 Å². The molecule has 27 heavy (non-hydrogen) atoms. The van der Waals surface area contributed by atoms with Gasteiger partial charge < -0.3 is 5.32 Å². The Morgan fingerprint density at radius 3 is 2.26 bits per heavy atom.